The summed E-state index contributed by atoms with van der Waals surface area (Å²) in [7, 11) is -3.41. The van der Waals surface area contributed by atoms with Gasteiger partial charge in [-0.15, -0.1) is 24.0 Å². The molecule has 1 saturated carbocycles. The quantitative estimate of drug-likeness (QED) is 0.264. The van der Waals surface area contributed by atoms with E-state index < -0.39 is 10.0 Å². The minimum Gasteiger partial charge on any atom is -0.357 e. The van der Waals surface area contributed by atoms with Crippen LogP contribution in [0.1, 0.15) is 31.0 Å². The monoisotopic (exact) mass is 529 g/mol. The fraction of sp³-hybridized carbons (Fsp3) is 0.400. The molecule has 0 bridgehead atoms. The van der Waals surface area contributed by atoms with Crippen LogP contribution in [0.5, 0.6) is 0 Å². The highest BCUT2D eigenvalue weighted by atomic mass is 127. The Labute approximate surface area is 189 Å². The summed E-state index contributed by atoms with van der Waals surface area (Å²) >= 11 is 0. The highest BCUT2D eigenvalue weighted by Gasteiger charge is 2.27. The predicted molar refractivity (Wildman–Crippen MR) is 126 cm³/mol. The second-order valence-corrected chi connectivity index (χ2v) is 8.45. The zero-order valence-corrected chi connectivity index (χ0v) is 19.6. The van der Waals surface area contributed by atoms with Crippen LogP contribution in [0.15, 0.2) is 58.5 Å². The number of aliphatic imine (C=N–C) groups is 1. The minimum atomic E-state index is -3.41. The van der Waals surface area contributed by atoms with Crippen LogP contribution in [0.3, 0.4) is 0 Å². The van der Waals surface area contributed by atoms with E-state index in [1.54, 1.807) is 18.3 Å². The number of hydrogen-bond donors (Lipinski definition) is 3. The molecule has 7 nitrogen and oxygen atoms in total. The molecule has 0 amide bonds. The van der Waals surface area contributed by atoms with Gasteiger partial charge in [-0.1, -0.05) is 18.2 Å². The number of guanidine groups is 1. The first kappa shape index (κ1) is 23.6. The molecule has 3 N–H and O–H groups in total. The molecule has 0 radical (unpaired) electrons. The molecular formula is C20H28IN5O2S. The number of aromatic nitrogens is 1. The van der Waals surface area contributed by atoms with E-state index in [1.807, 2.05) is 37.3 Å². The maximum atomic E-state index is 12.2. The molecule has 0 aliphatic heterocycles. The highest BCUT2D eigenvalue weighted by Crippen LogP contribution is 2.22. The molecule has 0 atom stereocenters. The zero-order valence-electron chi connectivity index (χ0n) is 16.5. The summed E-state index contributed by atoms with van der Waals surface area (Å²) in [6.45, 7) is 3.98. The lowest BCUT2D eigenvalue weighted by Gasteiger charge is -2.11. The maximum absolute atomic E-state index is 12.2. The van der Waals surface area contributed by atoms with E-state index in [-0.39, 0.29) is 30.0 Å². The summed E-state index contributed by atoms with van der Waals surface area (Å²) in [6, 6.07) is 12.9. The Kier molecular flexibility index (Phi) is 9.31. The molecule has 1 aromatic carbocycles. The Morgan fingerprint density at radius 1 is 1.14 bits per heavy atom. The zero-order chi connectivity index (χ0) is 19.8. The molecule has 1 heterocycles. The summed E-state index contributed by atoms with van der Waals surface area (Å²) in [5.41, 5.74) is 1.98. The molecule has 0 unspecified atom stereocenters. The second kappa shape index (κ2) is 11.5. The number of rotatable bonds is 9. The van der Waals surface area contributed by atoms with Crippen molar-refractivity contribution in [3.8, 4) is 0 Å². The van der Waals surface area contributed by atoms with E-state index >= 15 is 0 Å². The fourth-order valence-electron chi connectivity index (χ4n) is 2.63. The molecule has 0 spiro atoms. The number of sulfonamides is 1. The Hall–Kier alpha value is -1.72. The molecular weight excluding hydrogens is 501 g/mol. The van der Waals surface area contributed by atoms with Crippen LogP contribution >= 0.6 is 24.0 Å². The molecule has 3 rings (SSSR count). The van der Waals surface area contributed by atoms with Gasteiger partial charge in [0.1, 0.15) is 0 Å². The summed E-state index contributed by atoms with van der Waals surface area (Å²) in [5, 5.41) is 6.51. The van der Waals surface area contributed by atoms with Crippen molar-refractivity contribution in [2.45, 2.75) is 43.7 Å². The average Bonchev–Trinajstić information content (AvgIpc) is 3.50. The van der Waals surface area contributed by atoms with Gasteiger partial charge < -0.3 is 10.6 Å². The van der Waals surface area contributed by atoms with Gasteiger partial charge in [-0.25, -0.2) is 18.1 Å². The average molecular weight is 529 g/mol. The molecule has 29 heavy (non-hydrogen) atoms. The largest absolute Gasteiger partial charge is 0.357 e. The normalized spacial score (nSPS) is 14.2. The van der Waals surface area contributed by atoms with Crippen molar-refractivity contribution >= 4 is 40.0 Å². The topological polar surface area (TPSA) is 95.5 Å². The van der Waals surface area contributed by atoms with Crippen molar-refractivity contribution in [3.05, 3.63) is 59.9 Å². The SMILES string of the molecule is CCNC(=NCc1ccc(S(=O)(=O)NC2CC2)cc1)NCCc1ccccn1.I. The van der Waals surface area contributed by atoms with Crippen LogP contribution in [0.25, 0.3) is 0 Å². The molecule has 1 fully saturated rings. The van der Waals surface area contributed by atoms with Gasteiger partial charge in [0.15, 0.2) is 5.96 Å². The van der Waals surface area contributed by atoms with E-state index in [2.05, 4.69) is 25.3 Å². The summed E-state index contributed by atoms with van der Waals surface area (Å²) < 4.78 is 27.1. The van der Waals surface area contributed by atoms with Gasteiger partial charge >= 0.3 is 0 Å². The van der Waals surface area contributed by atoms with Crippen molar-refractivity contribution < 1.29 is 8.42 Å². The third-order valence-electron chi connectivity index (χ3n) is 4.30. The van der Waals surface area contributed by atoms with E-state index in [0.717, 1.165) is 49.6 Å². The van der Waals surface area contributed by atoms with Gasteiger partial charge in [-0.2, -0.15) is 0 Å². The van der Waals surface area contributed by atoms with Crippen molar-refractivity contribution in [3.63, 3.8) is 0 Å². The molecule has 1 aromatic heterocycles. The first-order valence-electron chi connectivity index (χ1n) is 9.60. The number of benzene rings is 1. The van der Waals surface area contributed by atoms with E-state index in [9.17, 15) is 8.42 Å². The number of hydrogen-bond acceptors (Lipinski definition) is 4. The maximum Gasteiger partial charge on any atom is 0.240 e. The number of nitrogens with zero attached hydrogens (tertiary/aromatic N) is 2. The molecule has 0 saturated heterocycles. The molecule has 1 aliphatic carbocycles. The molecule has 158 valence electrons. The van der Waals surface area contributed by atoms with Crippen LogP contribution in [-0.4, -0.2) is 38.5 Å². The van der Waals surface area contributed by atoms with Gasteiger partial charge in [-0.3, -0.25) is 4.98 Å². The van der Waals surface area contributed by atoms with Crippen LogP contribution in [0, 0.1) is 0 Å². The highest BCUT2D eigenvalue weighted by molar-refractivity contribution is 14.0. The van der Waals surface area contributed by atoms with Crippen LogP contribution in [0.2, 0.25) is 0 Å². The van der Waals surface area contributed by atoms with Gasteiger partial charge in [0, 0.05) is 37.4 Å². The Morgan fingerprint density at radius 3 is 2.52 bits per heavy atom. The smallest absolute Gasteiger partial charge is 0.240 e. The van der Waals surface area contributed by atoms with Crippen molar-refractivity contribution in [2.24, 2.45) is 4.99 Å². The third-order valence-corrected chi connectivity index (χ3v) is 5.83. The van der Waals surface area contributed by atoms with E-state index in [1.165, 1.54) is 0 Å². The Bertz CT molecular complexity index is 885. The minimum absolute atomic E-state index is 0. The standard InChI is InChI=1S/C20H27N5O2S.HI/c1-2-21-20(23-14-12-17-5-3-4-13-22-17)24-15-16-6-10-19(11-7-16)28(26,27)25-18-8-9-18;/h3-7,10-11,13,18,25H,2,8-9,12,14-15H2,1H3,(H2,21,23,24);1H. The van der Waals surface area contributed by atoms with Crippen LogP contribution in [0.4, 0.5) is 0 Å². The molecule has 2 aromatic rings. The van der Waals surface area contributed by atoms with Crippen LogP contribution < -0.4 is 15.4 Å². The van der Waals surface area contributed by atoms with Gasteiger partial charge in [0.2, 0.25) is 10.0 Å². The van der Waals surface area contributed by atoms with Crippen molar-refractivity contribution in [1.29, 1.82) is 0 Å². The first-order chi connectivity index (χ1) is 13.6. The first-order valence-corrected chi connectivity index (χ1v) is 11.1. The van der Waals surface area contributed by atoms with E-state index in [0.29, 0.717) is 11.4 Å². The lowest BCUT2D eigenvalue weighted by molar-refractivity contribution is 0.581. The fourth-order valence-corrected chi connectivity index (χ4v) is 3.93. The van der Waals surface area contributed by atoms with Gasteiger partial charge in [0.25, 0.3) is 0 Å². The number of nitrogens with one attached hydrogen (secondary N) is 3. The van der Waals surface area contributed by atoms with Gasteiger partial charge in [0.05, 0.1) is 11.4 Å². The van der Waals surface area contributed by atoms with Crippen LogP contribution in [-0.2, 0) is 23.0 Å². The Morgan fingerprint density at radius 2 is 1.90 bits per heavy atom. The lowest BCUT2D eigenvalue weighted by Crippen LogP contribution is -2.38. The predicted octanol–water partition coefficient (Wildman–Crippen LogP) is 2.44. The summed E-state index contributed by atoms with van der Waals surface area (Å²) in [6.07, 6.45) is 4.45. The van der Waals surface area contributed by atoms with Crippen molar-refractivity contribution in [2.75, 3.05) is 13.1 Å². The molecule has 9 heteroatoms. The second-order valence-electron chi connectivity index (χ2n) is 6.73. The summed E-state index contributed by atoms with van der Waals surface area (Å²) in [4.78, 5) is 9.18. The number of halogens is 1. The van der Waals surface area contributed by atoms with Crippen molar-refractivity contribution in [1.82, 2.24) is 20.3 Å². The Balaban J connectivity index is 0.00000300. The van der Waals surface area contributed by atoms with Gasteiger partial charge in [-0.05, 0) is 49.6 Å². The molecule has 1 aliphatic rings. The lowest BCUT2D eigenvalue weighted by atomic mass is 10.2. The van der Waals surface area contributed by atoms with E-state index in [4.69, 9.17) is 0 Å². The number of pyridine rings is 1. The summed E-state index contributed by atoms with van der Waals surface area (Å²) in [5.74, 6) is 0.727. The third kappa shape index (κ3) is 7.90.